The average molecular weight is 336 g/mol. The predicted octanol–water partition coefficient (Wildman–Crippen LogP) is 1.72. The van der Waals surface area contributed by atoms with Crippen molar-refractivity contribution in [2.24, 2.45) is 5.10 Å². The van der Waals surface area contributed by atoms with Gasteiger partial charge in [0, 0.05) is 6.07 Å². The molecule has 2 aromatic rings. The van der Waals surface area contributed by atoms with Crippen LogP contribution in [0.25, 0.3) is 0 Å². The minimum Gasteiger partial charge on any atom is -0.508 e. The van der Waals surface area contributed by atoms with Crippen LogP contribution in [-0.4, -0.2) is 34.0 Å². The number of nitrogens with zero attached hydrogens (tertiary/aromatic N) is 1. The number of hydrazone groups is 1. The molecule has 0 radical (unpaired) electrons. The number of phenolic OH excluding ortho intramolecular Hbond substituents is 1. The third-order valence-electron chi connectivity index (χ3n) is 2.92. The molecule has 23 heavy (non-hydrogen) atoms. The molecule has 0 spiro atoms. The van der Waals surface area contributed by atoms with Crippen LogP contribution < -0.4 is 14.3 Å². The first-order valence-electron chi connectivity index (χ1n) is 6.52. The number of rotatable bonds is 6. The molecule has 2 aromatic carbocycles. The summed E-state index contributed by atoms with van der Waals surface area (Å²) in [5, 5.41) is 13.0. The van der Waals surface area contributed by atoms with Crippen molar-refractivity contribution < 1.29 is 23.0 Å². The molecule has 0 unspecified atom stereocenters. The third kappa shape index (κ3) is 4.13. The van der Waals surface area contributed by atoms with Gasteiger partial charge in [-0.2, -0.15) is 13.5 Å². The highest BCUT2D eigenvalue weighted by Crippen LogP contribution is 2.29. The first-order valence-corrected chi connectivity index (χ1v) is 8.00. The van der Waals surface area contributed by atoms with Crippen LogP contribution >= 0.6 is 0 Å². The molecule has 0 aromatic heterocycles. The van der Waals surface area contributed by atoms with Gasteiger partial charge in [-0.25, -0.2) is 4.83 Å². The van der Waals surface area contributed by atoms with Crippen molar-refractivity contribution in [2.45, 2.75) is 4.90 Å². The van der Waals surface area contributed by atoms with Crippen molar-refractivity contribution in [1.82, 2.24) is 4.83 Å². The van der Waals surface area contributed by atoms with E-state index in [0.717, 1.165) is 0 Å². The Labute approximate surface area is 134 Å². The number of ether oxygens (including phenoxy) is 2. The molecule has 0 aliphatic carbocycles. The molecule has 0 saturated heterocycles. The van der Waals surface area contributed by atoms with Crippen LogP contribution in [-0.2, 0) is 10.0 Å². The summed E-state index contributed by atoms with van der Waals surface area (Å²) in [4.78, 5) is 2.08. The maximum Gasteiger partial charge on any atom is 0.276 e. The van der Waals surface area contributed by atoms with Crippen LogP contribution in [0.15, 0.2) is 52.5 Å². The molecule has 0 aliphatic rings. The van der Waals surface area contributed by atoms with E-state index in [1.54, 1.807) is 12.1 Å². The smallest absolute Gasteiger partial charge is 0.276 e. The summed E-state index contributed by atoms with van der Waals surface area (Å²) in [7, 11) is -0.964. The maximum atomic E-state index is 12.2. The molecule has 0 heterocycles. The molecule has 0 atom stereocenters. The van der Waals surface area contributed by atoms with Gasteiger partial charge in [-0.1, -0.05) is 12.1 Å². The summed E-state index contributed by atoms with van der Waals surface area (Å²) in [6.45, 7) is 0. The number of sulfonamides is 1. The summed E-state index contributed by atoms with van der Waals surface area (Å²) in [6, 6.07) is 10.5. The van der Waals surface area contributed by atoms with E-state index in [0.29, 0.717) is 17.1 Å². The van der Waals surface area contributed by atoms with E-state index in [2.05, 4.69) is 9.93 Å². The fourth-order valence-electron chi connectivity index (χ4n) is 1.81. The molecule has 0 bridgehead atoms. The van der Waals surface area contributed by atoms with Crippen LogP contribution in [0.5, 0.6) is 17.2 Å². The van der Waals surface area contributed by atoms with Gasteiger partial charge in [0.05, 0.1) is 25.3 Å². The first kappa shape index (κ1) is 16.6. The first-order chi connectivity index (χ1) is 11.0. The number of benzene rings is 2. The SMILES string of the molecule is COc1ccc(S(=O)(=O)N/N=C/c2cccc(O)c2)cc1OC. The Hall–Kier alpha value is -2.74. The summed E-state index contributed by atoms with van der Waals surface area (Å²) in [6.07, 6.45) is 1.29. The lowest BCUT2D eigenvalue weighted by Crippen LogP contribution is -2.18. The summed E-state index contributed by atoms with van der Waals surface area (Å²) >= 11 is 0. The third-order valence-corrected chi connectivity index (χ3v) is 4.14. The molecular weight excluding hydrogens is 320 g/mol. The molecular formula is C15H16N2O5S. The standard InChI is InChI=1S/C15H16N2O5S/c1-21-14-7-6-13(9-15(14)22-2)23(19,20)17-16-10-11-4-3-5-12(18)8-11/h3-10,17-18H,1-2H3/b16-10+. The van der Waals surface area contributed by atoms with E-state index in [4.69, 9.17) is 9.47 Å². The molecule has 2 N–H and O–H groups in total. The van der Waals surface area contributed by atoms with E-state index < -0.39 is 10.0 Å². The lowest BCUT2D eigenvalue weighted by Gasteiger charge is -2.09. The van der Waals surface area contributed by atoms with Crippen molar-refractivity contribution in [2.75, 3.05) is 14.2 Å². The molecule has 0 fully saturated rings. The van der Waals surface area contributed by atoms with Gasteiger partial charge in [0.1, 0.15) is 5.75 Å². The van der Waals surface area contributed by atoms with Gasteiger partial charge < -0.3 is 14.6 Å². The second-order valence-electron chi connectivity index (χ2n) is 4.46. The molecule has 2 rings (SSSR count). The van der Waals surface area contributed by atoms with Crippen molar-refractivity contribution in [3.05, 3.63) is 48.0 Å². The van der Waals surface area contributed by atoms with Crippen molar-refractivity contribution in [1.29, 1.82) is 0 Å². The van der Waals surface area contributed by atoms with Crippen molar-refractivity contribution in [3.8, 4) is 17.2 Å². The van der Waals surface area contributed by atoms with Crippen LogP contribution in [0.3, 0.4) is 0 Å². The Morgan fingerprint density at radius 1 is 1.09 bits per heavy atom. The Kier molecular flexibility index (Phi) is 5.07. The van der Waals surface area contributed by atoms with Crippen LogP contribution in [0, 0.1) is 0 Å². The van der Waals surface area contributed by atoms with Crippen LogP contribution in [0.1, 0.15) is 5.56 Å². The monoisotopic (exact) mass is 336 g/mol. The summed E-state index contributed by atoms with van der Waals surface area (Å²) in [5.74, 6) is 0.791. The number of methoxy groups -OCH3 is 2. The minimum atomic E-state index is -3.84. The zero-order chi connectivity index (χ0) is 16.9. The molecule has 0 amide bonds. The van der Waals surface area contributed by atoms with E-state index in [-0.39, 0.29) is 10.6 Å². The van der Waals surface area contributed by atoms with E-state index >= 15 is 0 Å². The lowest BCUT2D eigenvalue weighted by molar-refractivity contribution is 0.354. The Balaban J connectivity index is 2.19. The number of phenols is 1. The van der Waals surface area contributed by atoms with Gasteiger partial charge in [-0.3, -0.25) is 0 Å². The fourth-order valence-corrected chi connectivity index (χ4v) is 2.62. The Morgan fingerprint density at radius 2 is 1.83 bits per heavy atom. The number of nitrogens with one attached hydrogen (secondary N) is 1. The van der Waals surface area contributed by atoms with Crippen LogP contribution in [0.2, 0.25) is 0 Å². The zero-order valence-corrected chi connectivity index (χ0v) is 13.4. The summed E-state index contributed by atoms with van der Waals surface area (Å²) in [5.41, 5.74) is 0.556. The van der Waals surface area contributed by atoms with Crippen molar-refractivity contribution >= 4 is 16.2 Å². The van der Waals surface area contributed by atoms with Gasteiger partial charge >= 0.3 is 0 Å². The number of aromatic hydroxyl groups is 1. The molecule has 8 heteroatoms. The lowest BCUT2D eigenvalue weighted by atomic mass is 10.2. The molecule has 0 aliphatic heterocycles. The highest BCUT2D eigenvalue weighted by atomic mass is 32.2. The van der Waals surface area contributed by atoms with Gasteiger partial charge in [0.25, 0.3) is 10.0 Å². The van der Waals surface area contributed by atoms with Gasteiger partial charge in [-0.15, -0.1) is 0 Å². The minimum absolute atomic E-state index is 0.0109. The Morgan fingerprint density at radius 3 is 2.48 bits per heavy atom. The highest BCUT2D eigenvalue weighted by molar-refractivity contribution is 7.89. The van der Waals surface area contributed by atoms with Gasteiger partial charge in [0.15, 0.2) is 11.5 Å². The van der Waals surface area contributed by atoms with Gasteiger partial charge in [0.2, 0.25) is 0 Å². The quantitative estimate of drug-likeness (QED) is 0.618. The second-order valence-corrected chi connectivity index (χ2v) is 6.13. The maximum absolute atomic E-state index is 12.2. The van der Waals surface area contributed by atoms with E-state index in [1.807, 2.05) is 0 Å². The number of hydrogen-bond donors (Lipinski definition) is 2. The average Bonchev–Trinajstić information content (AvgIpc) is 2.54. The predicted molar refractivity (Wildman–Crippen MR) is 85.6 cm³/mol. The second kappa shape index (κ2) is 7.01. The topological polar surface area (TPSA) is 97.2 Å². The van der Waals surface area contributed by atoms with Crippen molar-refractivity contribution in [3.63, 3.8) is 0 Å². The van der Waals surface area contributed by atoms with E-state index in [9.17, 15) is 13.5 Å². The summed E-state index contributed by atoms with van der Waals surface area (Å²) < 4.78 is 34.5. The normalized spacial score (nSPS) is 11.4. The molecule has 0 saturated carbocycles. The largest absolute Gasteiger partial charge is 0.508 e. The van der Waals surface area contributed by atoms with Crippen LogP contribution in [0.4, 0.5) is 0 Å². The Bertz CT molecular complexity index is 818. The number of hydrogen-bond acceptors (Lipinski definition) is 6. The van der Waals surface area contributed by atoms with E-state index in [1.165, 1.54) is 50.8 Å². The zero-order valence-electron chi connectivity index (χ0n) is 12.6. The molecule has 7 nitrogen and oxygen atoms in total. The fraction of sp³-hybridized carbons (Fsp3) is 0.133. The molecule has 122 valence electrons. The van der Waals surface area contributed by atoms with Gasteiger partial charge in [-0.05, 0) is 29.8 Å². The highest BCUT2D eigenvalue weighted by Gasteiger charge is 2.16.